The second kappa shape index (κ2) is 4.28. The minimum absolute atomic E-state index is 0.174. The largest absolute Gasteiger partial charge is 0.478 e. The first kappa shape index (κ1) is 11.2. The van der Waals surface area contributed by atoms with Gasteiger partial charge in [0.05, 0.1) is 11.3 Å². The third kappa shape index (κ3) is 1.99. The Morgan fingerprint density at radius 1 is 1.53 bits per heavy atom. The SMILES string of the molecule is CCc1nnnn1-c1ccc(F)cc1C(=O)O. The summed E-state index contributed by atoms with van der Waals surface area (Å²) in [4.78, 5) is 11.0. The van der Waals surface area contributed by atoms with Crippen molar-refractivity contribution in [3.8, 4) is 5.69 Å². The fraction of sp³-hybridized carbons (Fsp3) is 0.200. The van der Waals surface area contributed by atoms with E-state index in [-0.39, 0.29) is 11.3 Å². The fourth-order valence-electron chi connectivity index (χ4n) is 1.48. The van der Waals surface area contributed by atoms with Crippen LogP contribution in [0.25, 0.3) is 5.69 Å². The Morgan fingerprint density at radius 2 is 2.29 bits per heavy atom. The quantitative estimate of drug-likeness (QED) is 0.861. The number of aromatic nitrogens is 4. The first-order chi connectivity index (χ1) is 8.13. The lowest BCUT2D eigenvalue weighted by atomic mass is 10.1. The molecule has 0 saturated heterocycles. The molecule has 7 heteroatoms. The van der Waals surface area contributed by atoms with E-state index in [2.05, 4.69) is 15.5 Å². The normalized spacial score (nSPS) is 10.5. The lowest BCUT2D eigenvalue weighted by Crippen LogP contribution is -2.09. The smallest absolute Gasteiger partial charge is 0.338 e. The molecule has 0 radical (unpaired) electrons. The molecular formula is C10H9FN4O2. The lowest BCUT2D eigenvalue weighted by molar-refractivity contribution is 0.0696. The Kier molecular flexibility index (Phi) is 2.82. The zero-order chi connectivity index (χ0) is 12.4. The Labute approximate surface area is 95.7 Å². The van der Waals surface area contributed by atoms with Crippen LogP contribution in [0.1, 0.15) is 23.1 Å². The van der Waals surface area contributed by atoms with Gasteiger partial charge in [-0.25, -0.2) is 9.18 Å². The number of hydrogen-bond acceptors (Lipinski definition) is 4. The van der Waals surface area contributed by atoms with Crippen molar-refractivity contribution in [2.45, 2.75) is 13.3 Å². The van der Waals surface area contributed by atoms with Crippen molar-refractivity contribution in [3.63, 3.8) is 0 Å². The summed E-state index contributed by atoms with van der Waals surface area (Å²) < 4.78 is 14.3. The summed E-state index contributed by atoms with van der Waals surface area (Å²) in [6.45, 7) is 1.84. The van der Waals surface area contributed by atoms with Gasteiger partial charge in [0.15, 0.2) is 5.82 Å². The fourth-order valence-corrected chi connectivity index (χ4v) is 1.48. The van der Waals surface area contributed by atoms with Crippen molar-refractivity contribution in [1.82, 2.24) is 20.2 Å². The summed E-state index contributed by atoms with van der Waals surface area (Å²) >= 11 is 0. The minimum Gasteiger partial charge on any atom is -0.478 e. The van der Waals surface area contributed by atoms with Crippen LogP contribution in [-0.4, -0.2) is 31.3 Å². The Bertz CT molecular complexity index is 567. The molecule has 0 aliphatic rings. The summed E-state index contributed by atoms with van der Waals surface area (Å²) in [6, 6.07) is 3.45. The van der Waals surface area contributed by atoms with Crippen molar-refractivity contribution >= 4 is 5.97 Å². The summed E-state index contributed by atoms with van der Waals surface area (Å²) in [5.74, 6) is -1.33. The van der Waals surface area contributed by atoms with Gasteiger partial charge in [-0.3, -0.25) is 0 Å². The lowest BCUT2D eigenvalue weighted by Gasteiger charge is -2.06. The van der Waals surface area contributed by atoms with Crippen molar-refractivity contribution < 1.29 is 14.3 Å². The molecule has 0 amide bonds. The molecule has 6 nitrogen and oxygen atoms in total. The number of aromatic carboxylic acids is 1. The van der Waals surface area contributed by atoms with Crippen LogP contribution in [-0.2, 0) is 6.42 Å². The molecule has 0 spiro atoms. The molecule has 1 heterocycles. The average Bonchev–Trinajstić information content (AvgIpc) is 2.76. The van der Waals surface area contributed by atoms with Crippen LogP contribution in [0.2, 0.25) is 0 Å². The number of hydrogen-bond donors (Lipinski definition) is 1. The molecular weight excluding hydrogens is 227 g/mol. The zero-order valence-electron chi connectivity index (χ0n) is 8.96. The first-order valence-corrected chi connectivity index (χ1v) is 4.94. The monoisotopic (exact) mass is 236 g/mol. The molecule has 1 aromatic carbocycles. The molecule has 2 rings (SSSR count). The molecule has 0 atom stereocenters. The second-order valence-electron chi connectivity index (χ2n) is 3.33. The molecule has 2 aromatic rings. The predicted octanol–water partition coefficient (Wildman–Crippen LogP) is 1.06. The van der Waals surface area contributed by atoms with Crippen LogP contribution in [0, 0.1) is 5.82 Å². The number of carbonyl (C=O) groups is 1. The topological polar surface area (TPSA) is 80.9 Å². The average molecular weight is 236 g/mol. The van der Waals surface area contributed by atoms with Crippen molar-refractivity contribution in [1.29, 1.82) is 0 Å². The highest BCUT2D eigenvalue weighted by Crippen LogP contribution is 2.16. The molecule has 0 saturated carbocycles. The van der Waals surface area contributed by atoms with Gasteiger partial charge in [0.2, 0.25) is 0 Å². The van der Waals surface area contributed by atoms with Crippen LogP contribution < -0.4 is 0 Å². The van der Waals surface area contributed by atoms with E-state index in [4.69, 9.17) is 5.11 Å². The van der Waals surface area contributed by atoms with Gasteiger partial charge in [-0.2, -0.15) is 4.68 Å². The Morgan fingerprint density at radius 3 is 2.94 bits per heavy atom. The van der Waals surface area contributed by atoms with E-state index in [9.17, 15) is 9.18 Å². The van der Waals surface area contributed by atoms with Gasteiger partial charge in [0.1, 0.15) is 5.82 Å². The van der Waals surface area contributed by atoms with E-state index in [1.807, 2.05) is 6.92 Å². The zero-order valence-corrected chi connectivity index (χ0v) is 8.96. The maximum atomic E-state index is 13.0. The number of halogens is 1. The number of carboxylic acids is 1. The van der Waals surface area contributed by atoms with Gasteiger partial charge in [0, 0.05) is 6.42 Å². The van der Waals surface area contributed by atoms with Gasteiger partial charge in [-0.15, -0.1) is 5.10 Å². The minimum atomic E-state index is -1.22. The maximum absolute atomic E-state index is 13.0. The summed E-state index contributed by atoms with van der Waals surface area (Å²) in [5, 5.41) is 19.9. The summed E-state index contributed by atoms with van der Waals surface area (Å²) in [7, 11) is 0. The van der Waals surface area contributed by atoms with Crippen molar-refractivity contribution in [3.05, 3.63) is 35.4 Å². The van der Waals surface area contributed by atoms with E-state index in [1.165, 1.54) is 16.8 Å². The number of carboxylic acid groups (broad SMARTS) is 1. The molecule has 0 unspecified atom stereocenters. The number of nitrogens with zero attached hydrogens (tertiary/aromatic N) is 4. The van der Waals surface area contributed by atoms with Crippen LogP contribution in [0.3, 0.4) is 0 Å². The van der Waals surface area contributed by atoms with E-state index in [1.54, 1.807) is 0 Å². The third-order valence-corrected chi connectivity index (χ3v) is 2.27. The Balaban J connectivity index is 2.63. The Hall–Kier alpha value is -2.31. The van der Waals surface area contributed by atoms with E-state index < -0.39 is 11.8 Å². The van der Waals surface area contributed by atoms with Crippen molar-refractivity contribution in [2.75, 3.05) is 0 Å². The van der Waals surface area contributed by atoms with Crippen LogP contribution >= 0.6 is 0 Å². The number of rotatable bonds is 3. The van der Waals surface area contributed by atoms with Crippen molar-refractivity contribution in [2.24, 2.45) is 0 Å². The molecule has 88 valence electrons. The molecule has 1 aromatic heterocycles. The van der Waals surface area contributed by atoms with Crippen LogP contribution in [0.4, 0.5) is 4.39 Å². The number of aryl methyl sites for hydroxylation is 1. The molecule has 0 bridgehead atoms. The highest BCUT2D eigenvalue weighted by Gasteiger charge is 2.16. The maximum Gasteiger partial charge on any atom is 0.338 e. The molecule has 0 aliphatic carbocycles. The molecule has 17 heavy (non-hydrogen) atoms. The van der Waals surface area contributed by atoms with Gasteiger partial charge < -0.3 is 5.11 Å². The van der Waals surface area contributed by atoms with Gasteiger partial charge in [-0.05, 0) is 28.6 Å². The van der Waals surface area contributed by atoms with E-state index in [0.29, 0.717) is 12.2 Å². The highest BCUT2D eigenvalue weighted by atomic mass is 19.1. The summed E-state index contributed by atoms with van der Waals surface area (Å²) in [5.41, 5.74) is 0.0766. The summed E-state index contributed by atoms with van der Waals surface area (Å²) in [6.07, 6.45) is 0.545. The van der Waals surface area contributed by atoms with E-state index in [0.717, 1.165) is 6.07 Å². The van der Waals surface area contributed by atoms with Crippen LogP contribution in [0.5, 0.6) is 0 Å². The van der Waals surface area contributed by atoms with Crippen LogP contribution in [0.15, 0.2) is 18.2 Å². The first-order valence-electron chi connectivity index (χ1n) is 4.94. The third-order valence-electron chi connectivity index (χ3n) is 2.27. The number of tetrazole rings is 1. The predicted molar refractivity (Wildman–Crippen MR) is 55.4 cm³/mol. The highest BCUT2D eigenvalue weighted by molar-refractivity contribution is 5.91. The van der Waals surface area contributed by atoms with Gasteiger partial charge in [-0.1, -0.05) is 6.92 Å². The van der Waals surface area contributed by atoms with Gasteiger partial charge >= 0.3 is 5.97 Å². The second-order valence-corrected chi connectivity index (χ2v) is 3.33. The molecule has 0 fully saturated rings. The van der Waals surface area contributed by atoms with Gasteiger partial charge in [0.25, 0.3) is 0 Å². The molecule has 1 N–H and O–H groups in total. The molecule has 0 aliphatic heterocycles. The standard InChI is InChI=1S/C10H9FN4O2/c1-2-9-12-13-14-15(9)8-4-3-6(11)5-7(8)10(16)17/h3-5H,2H2,1H3,(H,16,17). The van der Waals surface area contributed by atoms with E-state index >= 15 is 0 Å². The number of benzene rings is 1.